The number of rotatable bonds is 12. The number of fused-ring (bicyclic) bond motifs is 1. The first-order valence-corrected chi connectivity index (χ1v) is 16.3. The molecule has 6 rings (SSSR count). The molecule has 14 heteroatoms. The Morgan fingerprint density at radius 3 is 1.96 bits per heavy atom. The summed E-state index contributed by atoms with van der Waals surface area (Å²) in [5.74, 6) is -5.06. The minimum atomic E-state index is -1.38. The molecule has 0 radical (unpaired) electrons. The zero-order valence-electron chi connectivity index (χ0n) is 29.0. The van der Waals surface area contributed by atoms with Crippen LogP contribution in [-0.4, -0.2) is 83.8 Å². The van der Waals surface area contributed by atoms with Crippen molar-refractivity contribution in [2.24, 2.45) is 5.92 Å². The number of hydrogen-bond acceptors (Lipinski definition) is 14. The van der Waals surface area contributed by atoms with Crippen LogP contribution in [0.1, 0.15) is 47.6 Å². The van der Waals surface area contributed by atoms with Crippen molar-refractivity contribution < 1.29 is 54.1 Å². The number of aliphatic hydroxyl groups is 4. The van der Waals surface area contributed by atoms with E-state index in [1.165, 1.54) is 20.1 Å². The van der Waals surface area contributed by atoms with E-state index in [1.54, 1.807) is 13.0 Å². The fourth-order valence-electron chi connectivity index (χ4n) is 7.97. The number of Topliss-reactive ketones (excluding diaryl/α,β-unsaturated/α-hetero) is 1. The van der Waals surface area contributed by atoms with Gasteiger partial charge in [0.15, 0.2) is 22.4 Å². The topological polar surface area (TPSA) is 226 Å². The number of allylic oxidation sites excluding steroid dienone is 1. The van der Waals surface area contributed by atoms with Gasteiger partial charge in [-0.3, -0.25) is 19.2 Å². The molecule has 3 atom stereocenters. The Bertz CT molecular complexity index is 2470. The smallest absolute Gasteiger partial charge is 0.330 e. The quantitative estimate of drug-likeness (QED) is 0.0617. The van der Waals surface area contributed by atoms with Gasteiger partial charge in [-0.05, 0) is 70.6 Å². The van der Waals surface area contributed by atoms with Gasteiger partial charge in [-0.15, -0.1) is 0 Å². The predicted molar refractivity (Wildman–Crippen MR) is 191 cm³/mol. The summed E-state index contributed by atoms with van der Waals surface area (Å²) in [5.41, 5.74) is -0.219. The fourth-order valence-corrected chi connectivity index (χ4v) is 7.97. The van der Waals surface area contributed by atoms with Crippen LogP contribution in [0.2, 0.25) is 0 Å². The highest BCUT2D eigenvalue weighted by atomic mass is 16.5. The number of aliphatic hydroxyl groups excluding tert-OH is 4. The maximum Gasteiger partial charge on any atom is 0.330 e. The number of phenolic OH excluding ortho intramolecular Hbond substituents is 1. The third kappa shape index (κ3) is 5.12. The summed E-state index contributed by atoms with van der Waals surface area (Å²) in [7, 11) is 3.53. The van der Waals surface area contributed by atoms with E-state index in [-0.39, 0.29) is 94.5 Å². The minimum absolute atomic E-state index is 0.00837. The van der Waals surface area contributed by atoms with Crippen LogP contribution in [-0.2, 0) is 43.5 Å². The van der Waals surface area contributed by atoms with Crippen molar-refractivity contribution in [3.63, 3.8) is 0 Å². The number of phenols is 1. The maximum atomic E-state index is 15.1. The van der Waals surface area contributed by atoms with Gasteiger partial charge in [-0.2, -0.15) is 0 Å². The highest BCUT2D eigenvalue weighted by molar-refractivity contribution is 6.39. The molecule has 14 nitrogen and oxygen atoms in total. The molecule has 272 valence electrons. The second-order valence-electron chi connectivity index (χ2n) is 12.9. The summed E-state index contributed by atoms with van der Waals surface area (Å²) in [5, 5.41) is 57.7. The van der Waals surface area contributed by atoms with E-state index in [0.717, 1.165) is 20.3 Å². The maximum absolute atomic E-state index is 15.1. The first-order valence-electron chi connectivity index (χ1n) is 16.3. The highest BCUT2D eigenvalue weighted by Crippen LogP contribution is 2.55. The number of esters is 2. The van der Waals surface area contributed by atoms with Crippen LogP contribution >= 0.6 is 0 Å². The molecule has 0 saturated heterocycles. The van der Waals surface area contributed by atoms with Gasteiger partial charge in [0.1, 0.15) is 11.8 Å². The molecule has 0 heterocycles. The summed E-state index contributed by atoms with van der Waals surface area (Å²) in [6.07, 6.45) is 1.26. The van der Waals surface area contributed by atoms with Gasteiger partial charge in [0.2, 0.25) is 0 Å². The molecule has 1 aliphatic carbocycles. The molecular weight excluding hydrogens is 678 g/mol. The van der Waals surface area contributed by atoms with E-state index in [0.29, 0.717) is 5.57 Å². The van der Waals surface area contributed by atoms with Crippen LogP contribution in [0.15, 0.2) is 27.3 Å². The number of ether oxygens (including phenoxy) is 3. The standard InChI is InChI=1S/C38H37NO13/c1-14-6-19-20(7-18(12-42)37(48)51-4)34(46)28-21(39-22(13-43)38(49)52-5)8-16(10-40)25-26-17(11-41)9-23(45)29-31(26)32(27(19)30(25)28)33(24(14)15(2)44)36(50-3)35(29)47/h6,8-9,18,22,24,39-43,47H,7,10-13H2,1-5H3. The summed E-state index contributed by atoms with van der Waals surface area (Å²) < 4.78 is 15.5. The van der Waals surface area contributed by atoms with E-state index in [1.807, 2.05) is 0 Å². The lowest BCUT2D eigenvalue weighted by molar-refractivity contribution is -0.146. The van der Waals surface area contributed by atoms with Crippen molar-refractivity contribution in [3.05, 3.63) is 66.0 Å². The van der Waals surface area contributed by atoms with Crippen LogP contribution in [0.25, 0.3) is 49.2 Å². The predicted octanol–water partition coefficient (Wildman–Crippen LogP) is 1.95. The first kappa shape index (κ1) is 36.4. The van der Waals surface area contributed by atoms with Gasteiger partial charge in [-0.1, -0.05) is 11.6 Å². The summed E-state index contributed by atoms with van der Waals surface area (Å²) >= 11 is 0. The first-order chi connectivity index (χ1) is 24.8. The van der Waals surface area contributed by atoms with Gasteiger partial charge >= 0.3 is 11.9 Å². The van der Waals surface area contributed by atoms with Gasteiger partial charge in [-0.25, -0.2) is 4.79 Å². The Balaban J connectivity index is 2.05. The van der Waals surface area contributed by atoms with Crippen molar-refractivity contribution in [1.82, 2.24) is 0 Å². The second kappa shape index (κ2) is 13.6. The Hall–Kier alpha value is -5.41. The highest BCUT2D eigenvalue weighted by Gasteiger charge is 2.37. The van der Waals surface area contributed by atoms with Gasteiger partial charge < -0.3 is 45.1 Å². The lowest BCUT2D eigenvalue weighted by atomic mass is 9.78. The minimum Gasteiger partial charge on any atom is -0.504 e. The van der Waals surface area contributed by atoms with E-state index in [9.17, 15) is 44.7 Å². The third-order valence-corrected chi connectivity index (χ3v) is 10.1. The van der Waals surface area contributed by atoms with E-state index in [2.05, 4.69) is 5.32 Å². The largest absolute Gasteiger partial charge is 0.504 e. The SMILES string of the molecule is COC(=O)C(CO)Cc1c2c3c4c(c(OC)c(O)c5c(=O)cc(CO)c(c6c(CO)cc(NC(CO)C(=O)OC)c(c1=O)c63)c54)C(C(C)=O)C(C)=C2. The molecular formula is C38H37NO13. The van der Waals surface area contributed by atoms with E-state index in [4.69, 9.17) is 14.2 Å². The number of aromatic hydroxyl groups is 1. The Kier molecular flexibility index (Phi) is 9.53. The molecule has 0 bridgehead atoms. The lowest BCUT2D eigenvalue weighted by Gasteiger charge is -2.26. The monoisotopic (exact) mass is 715 g/mol. The van der Waals surface area contributed by atoms with Crippen LogP contribution in [0.4, 0.5) is 5.69 Å². The summed E-state index contributed by atoms with van der Waals surface area (Å²) in [6, 6.07) is 1.16. The Morgan fingerprint density at radius 2 is 1.42 bits per heavy atom. The zero-order chi connectivity index (χ0) is 37.9. The molecule has 1 aliphatic rings. The number of hydrogen-bond donors (Lipinski definition) is 6. The van der Waals surface area contributed by atoms with Crippen molar-refractivity contribution in [2.75, 3.05) is 39.9 Å². The van der Waals surface area contributed by atoms with Crippen LogP contribution in [0, 0.1) is 5.92 Å². The van der Waals surface area contributed by atoms with Crippen LogP contribution in [0.5, 0.6) is 11.5 Å². The molecule has 0 amide bonds. The summed E-state index contributed by atoms with van der Waals surface area (Å²) in [6.45, 7) is 0.222. The fraction of sp³-hybridized carbons (Fsp3) is 0.342. The molecule has 0 fully saturated rings. The van der Waals surface area contributed by atoms with Crippen molar-refractivity contribution in [1.29, 1.82) is 0 Å². The lowest BCUT2D eigenvalue weighted by Crippen LogP contribution is -2.34. The number of nitrogens with one attached hydrogen (secondary N) is 1. The molecule has 5 aromatic rings. The number of benzene rings is 5. The molecule has 0 saturated carbocycles. The van der Waals surface area contributed by atoms with E-state index < -0.39 is 72.9 Å². The van der Waals surface area contributed by atoms with Crippen molar-refractivity contribution >= 4 is 72.6 Å². The Morgan fingerprint density at radius 1 is 0.808 bits per heavy atom. The number of carbonyl (C=O) groups is 3. The van der Waals surface area contributed by atoms with Gasteiger partial charge in [0.25, 0.3) is 0 Å². The average molecular weight is 716 g/mol. The van der Waals surface area contributed by atoms with E-state index >= 15 is 4.79 Å². The number of methoxy groups -OCH3 is 3. The number of carbonyl (C=O) groups excluding carboxylic acids is 3. The molecule has 52 heavy (non-hydrogen) atoms. The molecule has 0 aromatic heterocycles. The average Bonchev–Trinajstić information content (AvgIpc) is 3.26. The molecule has 5 aromatic carbocycles. The molecule has 0 aliphatic heterocycles. The summed E-state index contributed by atoms with van der Waals surface area (Å²) in [4.78, 5) is 68.1. The van der Waals surface area contributed by atoms with Gasteiger partial charge in [0.05, 0.1) is 70.4 Å². The normalized spacial score (nSPS) is 15.2. The van der Waals surface area contributed by atoms with Gasteiger partial charge in [0, 0.05) is 27.6 Å². The van der Waals surface area contributed by atoms with Crippen molar-refractivity contribution in [2.45, 2.75) is 45.4 Å². The number of anilines is 1. The number of ketones is 1. The van der Waals surface area contributed by atoms with Crippen LogP contribution in [0.3, 0.4) is 0 Å². The Labute approximate surface area is 295 Å². The molecule has 6 N–H and O–H groups in total. The van der Waals surface area contributed by atoms with Crippen LogP contribution < -0.4 is 20.9 Å². The molecule has 0 spiro atoms. The van der Waals surface area contributed by atoms with Crippen molar-refractivity contribution in [3.8, 4) is 11.5 Å². The third-order valence-electron chi connectivity index (χ3n) is 10.1. The second-order valence-corrected chi connectivity index (χ2v) is 12.9. The molecule has 3 unspecified atom stereocenters. The zero-order valence-corrected chi connectivity index (χ0v) is 29.0.